The van der Waals surface area contributed by atoms with E-state index in [0.717, 1.165) is 0 Å². The first-order valence-electron chi connectivity index (χ1n) is 7.99. The second-order valence-corrected chi connectivity index (χ2v) is 6.36. The van der Waals surface area contributed by atoms with Gasteiger partial charge in [0.05, 0.1) is 12.4 Å². The van der Waals surface area contributed by atoms with Gasteiger partial charge in [0.1, 0.15) is 18.2 Å². The summed E-state index contributed by atoms with van der Waals surface area (Å²) >= 11 is 6.06. The number of fused-ring (bicyclic) bond motifs is 1. The molecule has 0 saturated carbocycles. The highest BCUT2D eigenvalue weighted by Gasteiger charge is 2.31. The molecular formula is C16H18ClN5O4. The van der Waals surface area contributed by atoms with Crippen LogP contribution in [0.5, 0.6) is 0 Å². The molecule has 0 bridgehead atoms. The second-order valence-electron chi connectivity index (χ2n) is 6.00. The van der Waals surface area contributed by atoms with Gasteiger partial charge in [0.15, 0.2) is 10.8 Å². The summed E-state index contributed by atoms with van der Waals surface area (Å²) < 4.78 is 12.2. The molecule has 0 amide bonds. The summed E-state index contributed by atoms with van der Waals surface area (Å²) in [6.45, 7) is 2.63. The predicted octanol–water partition coefficient (Wildman–Crippen LogP) is 1.67. The predicted molar refractivity (Wildman–Crippen MR) is 93.2 cm³/mol. The number of allylic oxidation sites excluding steroid dienone is 1. The summed E-state index contributed by atoms with van der Waals surface area (Å²) in [5.74, 6) is -0.909. The third-order valence-corrected chi connectivity index (χ3v) is 4.36. The summed E-state index contributed by atoms with van der Waals surface area (Å²) in [6.07, 6.45) is 5.57. The number of nitrogens with zero attached hydrogens (tertiary/aromatic N) is 4. The SMILES string of the molecule is CC(=O)OC[C@@H](OC(C)=O)[C@@H]1C=C[C@H](n2cnc3c(Cl)nc(N)nc32)C1. The largest absolute Gasteiger partial charge is 0.462 e. The highest BCUT2D eigenvalue weighted by molar-refractivity contribution is 6.33. The van der Waals surface area contributed by atoms with Gasteiger partial charge in [-0.15, -0.1) is 0 Å². The number of anilines is 1. The standard InChI is InChI=1S/C16H18ClN5O4/c1-8(23)25-6-12(26-9(2)24)10-3-4-11(5-10)22-7-19-13-14(17)20-16(18)21-15(13)22/h3-4,7,10-12H,5-6H2,1-2H3,(H2,18,20,21)/t10-,11+,12-/m1/s1. The van der Waals surface area contributed by atoms with Crippen molar-refractivity contribution in [1.29, 1.82) is 0 Å². The highest BCUT2D eigenvalue weighted by Crippen LogP contribution is 2.34. The summed E-state index contributed by atoms with van der Waals surface area (Å²) in [5.41, 5.74) is 6.67. The zero-order valence-electron chi connectivity index (χ0n) is 14.3. The number of hydrogen-bond donors (Lipinski definition) is 1. The number of halogens is 1. The molecule has 9 nitrogen and oxygen atoms in total. The number of aromatic nitrogens is 4. The zero-order chi connectivity index (χ0) is 18.8. The number of rotatable bonds is 5. The van der Waals surface area contributed by atoms with E-state index in [9.17, 15) is 9.59 Å². The van der Waals surface area contributed by atoms with Gasteiger partial charge in [-0.25, -0.2) is 4.98 Å². The van der Waals surface area contributed by atoms with E-state index >= 15 is 0 Å². The molecule has 2 aromatic rings. The van der Waals surface area contributed by atoms with E-state index in [1.54, 1.807) is 6.33 Å². The minimum atomic E-state index is -0.560. The maximum Gasteiger partial charge on any atom is 0.303 e. The Hall–Kier alpha value is -2.68. The van der Waals surface area contributed by atoms with Crippen molar-refractivity contribution >= 4 is 40.7 Å². The third kappa shape index (κ3) is 3.77. The number of nitrogen functional groups attached to an aromatic ring is 1. The van der Waals surface area contributed by atoms with Crippen LogP contribution in [0.3, 0.4) is 0 Å². The van der Waals surface area contributed by atoms with Crippen LogP contribution in [0.15, 0.2) is 18.5 Å². The van der Waals surface area contributed by atoms with E-state index in [4.69, 9.17) is 26.8 Å². The molecule has 1 aliphatic rings. The average molecular weight is 380 g/mol. The van der Waals surface area contributed by atoms with Crippen molar-refractivity contribution in [2.45, 2.75) is 32.4 Å². The molecule has 10 heteroatoms. The number of nitrogens with two attached hydrogens (primary N) is 1. The van der Waals surface area contributed by atoms with Gasteiger partial charge in [0.2, 0.25) is 5.95 Å². The van der Waals surface area contributed by atoms with Crippen LogP contribution in [-0.4, -0.2) is 44.2 Å². The van der Waals surface area contributed by atoms with E-state index in [0.29, 0.717) is 17.6 Å². The lowest BCUT2D eigenvalue weighted by Crippen LogP contribution is -2.30. The minimum absolute atomic E-state index is 0.00224. The fourth-order valence-electron chi connectivity index (χ4n) is 2.99. The molecule has 0 radical (unpaired) electrons. The van der Waals surface area contributed by atoms with Gasteiger partial charge in [0.25, 0.3) is 0 Å². The van der Waals surface area contributed by atoms with Crippen LogP contribution in [0.2, 0.25) is 5.15 Å². The van der Waals surface area contributed by atoms with Gasteiger partial charge in [-0.05, 0) is 6.42 Å². The van der Waals surface area contributed by atoms with Crippen molar-refractivity contribution < 1.29 is 19.1 Å². The first kappa shape index (κ1) is 18.1. The van der Waals surface area contributed by atoms with Crippen molar-refractivity contribution in [1.82, 2.24) is 19.5 Å². The fraction of sp³-hybridized carbons (Fsp3) is 0.438. The Labute approximate surface area is 154 Å². The van der Waals surface area contributed by atoms with Gasteiger partial charge < -0.3 is 19.8 Å². The van der Waals surface area contributed by atoms with E-state index in [-0.39, 0.29) is 29.7 Å². The summed E-state index contributed by atoms with van der Waals surface area (Å²) in [4.78, 5) is 34.8. The van der Waals surface area contributed by atoms with Crippen molar-refractivity contribution in [3.63, 3.8) is 0 Å². The smallest absolute Gasteiger partial charge is 0.303 e. The number of carbonyl (C=O) groups excluding carboxylic acids is 2. The number of imidazole rings is 1. The van der Waals surface area contributed by atoms with Crippen molar-refractivity contribution in [2.75, 3.05) is 12.3 Å². The topological polar surface area (TPSA) is 122 Å². The number of hydrogen-bond acceptors (Lipinski definition) is 8. The monoisotopic (exact) mass is 379 g/mol. The van der Waals surface area contributed by atoms with Crippen LogP contribution in [0, 0.1) is 5.92 Å². The molecule has 2 heterocycles. The van der Waals surface area contributed by atoms with E-state index < -0.39 is 18.0 Å². The Bertz CT molecular complexity index is 881. The van der Waals surface area contributed by atoms with Crippen LogP contribution in [0.1, 0.15) is 26.3 Å². The van der Waals surface area contributed by atoms with Gasteiger partial charge in [-0.3, -0.25) is 9.59 Å². The first-order valence-corrected chi connectivity index (χ1v) is 8.37. The van der Waals surface area contributed by atoms with E-state index in [2.05, 4.69) is 15.0 Å². The van der Waals surface area contributed by atoms with Crippen LogP contribution >= 0.6 is 11.6 Å². The van der Waals surface area contributed by atoms with Crippen molar-refractivity contribution in [2.24, 2.45) is 5.92 Å². The number of carbonyl (C=O) groups is 2. The van der Waals surface area contributed by atoms with Gasteiger partial charge in [-0.2, -0.15) is 9.97 Å². The Morgan fingerprint density at radius 3 is 2.81 bits per heavy atom. The average Bonchev–Trinajstić information content (AvgIpc) is 3.17. The quantitative estimate of drug-likeness (QED) is 0.473. The van der Waals surface area contributed by atoms with E-state index in [1.807, 2.05) is 16.7 Å². The van der Waals surface area contributed by atoms with Gasteiger partial charge >= 0.3 is 11.9 Å². The molecule has 0 spiro atoms. The van der Waals surface area contributed by atoms with Crippen LogP contribution < -0.4 is 5.73 Å². The van der Waals surface area contributed by atoms with Gasteiger partial charge in [0, 0.05) is 19.8 Å². The molecule has 0 aromatic carbocycles. The van der Waals surface area contributed by atoms with Crippen LogP contribution in [-0.2, 0) is 19.1 Å². The summed E-state index contributed by atoms with van der Waals surface area (Å²) in [5, 5.41) is 0.192. The maximum absolute atomic E-state index is 11.4. The molecule has 2 N–H and O–H groups in total. The van der Waals surface area contributed by atoms with Crippen LogP contribution in [0.25, 0.3) is 11.2 Å². The number of esters is 2. The lowest BCUT2D eigenvalue weighted by atomic mass is 10.0. The molecule has 2 aromatic heterocycles. The molecule has 26 heavy (non-hydrogen) atoms. The van der Waals surface area contributed by atoms with Crippen molar-refractivity contribution in [3.8, 4) is 0 Å². The molecule has 0 aliphatic heterocycles. The fourth-order valence-corrected chi connectivity index (χ4v) is 3.21. The maximum atomic E-state index is 11.4. The second kappa shape index (κ2) is 7.28. The first-order chi connectivity index (χ1) is 12.3. The van der Waals surface area contributed by atoms with Crippen molar-refractivity contribution in [3.05, 3.63) is 23.6 Å². The molecule has 1 aliphatic carbocycles. The summed E-state index contributed by atoms with van der Waals surface area (Å²) in [6, 6.07) is -0.0780. The van der Waals surface area contributed by atoms with Gasteiger partial charge in [-0.1, -0.05) is 23.8 Å². The minimum Gasteiger partial charge on any atom is -0.462 e. The van der Waals surface area contributed by atoms with Crippen LogP contribution in [0.4, 0.5) is 5.95 Å². The Morgan fingerprint density at radius 2 is 2.12 bits per heavy atom. The lowest BCUT2D eigenvalue weighted by molar-refractivity contribution is -0.158. The van der Waals surface area contributed by atoms with E-state index in [1.165, 1.54) is 13.8 Å². The highest BCUT2D eigenvalue weighted by atomic mass is 35.5. The molecule has 138 valence electrons. The Kier molecular flexibility index (Phi) is 5.08. The molecular weight excluding hydrogens is 362 g/mol. The normalized spacial score (nSPS) is 20.3. The third-order valence-electron chi connectivity index (χ3n) is 4.09. The Morgan fingerprint density at radius 1 is 1.35 bits per heavy atom. The Balaban J connectivity index is 1.80. The lowest BCUT2D eigenvalue weighted by Gasteiger charge is -2.23. The molecule has 0 saturated heterocycles. The molecule has 0 fully saturated rings. The molecule has 3 rings (SSSR count). The molecule has 0 unspecified atom stereocenters. The number of ether oxygens (including phenoxy) is 2. The summed E-state index contributed by atoms with van der Waals surface area (Å²) in [7, 11) is 0. The zero-order valence-corrected chi connectivity index (χ0v) is 15.0. The molecule has 3 atom stereocenters.